The standard InChI is InChI=1S/C12H26O/c1-6-11(7-2)8-12(9(3)4)10(5)13/h9-13H,6-8H2,1-5H3. The van der Waals surface area contributed by atoms with Crippen LogP contribution in [0.4, 0.5) is 0 Å². The highest BCUT2D eigenvalue weighted by atomic mass is 16.3. The van der Waals surface area contributed by atoms with Gasteiger partial charge in [0.15, 0.2) is 0 Å². The monoisotopic (exact) mass is 186 g/mol. The summed E-state index contributed by atoms with van der Waals surface area (Å²) in [4.78, 5) is 0. The summed E-state index contributed by atoms with van der Waals surface area (Å²) in [6.45, 7) is 10.8. The summed E-state index contributed by atoms with van der Waals surface area (Å²) in [5.41, 5.74) is 0. The molecule has 13 heavy (non-hydrogen) atoms. The first-order valence-electron chi connectivity index (χ1n) is 5.70. The van der Waals surface area contributed by atoms with Gasteiger partial charge >= 0.3 is 0 Å². The highest BCUT2D eigenvalue weighted by Gasteiger charge is 2.21. The number of hydrogen-bond donors (Lipinski definition) is 1. The Hall–Kier alpha value is -0.0400. The summed E-state index contributed by atoms with van der Waals surface area (Å²) in [6.07, 6.45) is 3.52. The van der Waals surface area contributed by atoms with Gasteiger partial charge in [-0.15, -0.1) is 0 Å². The van der Waals surface area contributed by atoms with Gasteiger partial charge < -0.3 is 5.11 Å². The summed E-state index contributed by atoms with van der Waals surface area (Å²) in [5, 5.41) is 9.62. The van der Waals surface area contributed by atoms with Crippen molar-refractivity contribution in [2.75, 3.05) is 0 Å². The Bertz CT molecular complexity index is 106. The molecule has 0 saturated carbocycles. The van der Waals surface area contributed by atoms with Crippen molar-refractivity contribution in [3.05, 3.63) is 0 Å². The van der Waals surface area contributed by atoms with Crippen LogP contribution in [0.1, 0.15) is 53.9 Å². The summed E-state index contributed by atoms with van der Waals surface area (Å²) < 4.78 is 0. The summed E-state index contributed by atoms with van der Waals surface area (Å²) in [7, 11) is 0. The third kappa shape index (κ3) is 4.66. The van der Waals surface area contributed by atoms with Crippen LogP contribution in [0.2, 0.25) is 0 Å². The molecule has 1 N–H and O–H groups in total. The molecule has 0 fully saturated rings. The zero-order chi connectivity index (χ0) is 10.4. The van der Waals surface area contributed by atoms with Crippen molar-refractivity contribution in [1.29, 1.82) is 0 Å². The van der Waals surface area contributed by atoms with E-state index in [1.807, 2.05) is 6.92 Å². The second-order valence-corrected chi connectivity index (χ2v) is 4.57. The van der Waals surface area contributed by atoms with E-state index in [2.05, 4.69) is 27.7 Å². The molecule has 0 amide bonds. The zero-order valence-electron chi connectivity index (χ0n) is 9.88. The van der Waals surface area contributed by atoms with Crippen LogP contribution in [0.25, 0.3) is 0 Å². The summed E-state index contributed by atoms with van der Waals surface area (Å²) >= 11 is 0. The lowest BCUT2D eigenvalue weighted by atomic mass is 9.81. The van der Waals surface area contributed by atoms with Crippen LogP contribution in [-0.2, 0) is 0 Å². The molecule has 0 radical (unpaired) electrons. The van der Waals surface area contributed by atoms with Crippen molar-refractivity contribution in [1.82, 2.24) is 0 Å². The fourth-order valence-electron chi connectivity index (χ4n) is 2.03. The average Bonchev–Trinajstić information content (AvgIpc) is 2.05. The van der Waals surface area contributed by atoms with Crippen LogP contribution in [0.3, 0.4) is 0 Å². The zero-order valence-corrected chi connectivity index (χ0v) is 9.88. The molecule has 2 atom stereocenters. The Balaban J connectivity index is 4.08. The molecular formula is C12H26O. The summed E-state index contributed by atoms with van der Waals surface area (Å²) in [5.74, 6) is 1.87. The van der Waals surface area contributed by atoms with Crippen LogP contribution in [0.15, 0.2) is 0 Å². The van der Waals surface area contributed by atoms with E-state index < -0.39 is 0 Å². The number of rotatable bonds is 6. The molecule has 1 nitrogen and oxygen atoms in total. The molecule has 0 rings (SSSR count). The quantitative estimate of drug-likeness (QED) is 0.673. The normalized spacial score (nSPS) is 16.6. The molecule has 2 unspecified atom stereocenters. The third-order valence-electron chi connectivity index (χ3n) is 3.24. The van der Waals surface area contributed by atoms with Crippen LogP contribution in [0.5, 0.6) is 0 Å². The van der Waals surface area contributed by atoms with Gasteiger partial charge in [-0.1, -0.05) is 40.5 Å². The van der Waals surface area contributed by atoms with E-state index in [-0.39, 0.29) is 6.10 Å². The first-order chi connectivity index (χ1) is 6.02. The molecule has 0 spiro atoms. The van der Waals surface area contributed by atoms with Crippen molar-refractivity contribution in [3.63, 3.8) is 0 Å². The Kier molecular flexibility index (Phi) is 6.40. The van der Waals surface area contributed by atoms with Crippen LogP contribution >= 0.6 is 0 Å². The maximum atomic E-state index is 9.62. The van der Waals surface area contributed by atoms with Gasteiger partial charge in [0.1, 0.15) is 0 Å². The lowest BCUT2D eigenvalue weighted by Crippen LogP contribution is -2.24. The average molecular weight is 186 g/mol. The second kappa shape index (κ2) is 6.42. The van der Waals surface area contributed by atoms with Crippen LogP contribution < -0.4 is 0 Å². The molecular weight excluding hydrogens is 160 g/mol. The van der Waals surface area contributed by atoms with E-state index >= 15 is 0 Å². The van der Waals surface area contributed by atoms with Crippen molar-refractivity contribution >= 4 is 0 Å². The predicted molar refractivity (Wildman–Crippen MR) is 58.7 cm³/mol. The van der Waals surface area contributed by atoms with E-state index in [1.54, 1.807) is 0 Å². The molecule has 0 bridgehead atoms. The maximum absolute atomic E-state index is 9.62. The molecule has 0 aliphatic carbocycles. The molecule has 0 aliphatic rings. The number of aliphatic hydroxyl groups excluding tert-OH is 1. The molecule has 0 aromatic carbocycles. The minimum atomic E-state index is -0.152. The van der Waals surface area contributed by atoms with Gasteiger partial charge in [-0.25, -0.2) is 0 Å². The minimum absolute atomic E-state index is 0.152. The molecule has 0 aliphatic heterocycles. The molecule has 0 aromatic rings. The van der Waals surface area contributed by atoms with Gasteiger partial charge in [0, 0.05) is 0 Å². The lowest BCUT2D eigenvalue weighted by Gasteiger charge is -2.27. The molecule has 80 valence electrons. The van der Waals surface area contributed by atoms with Crippen LogP contribution in [-0.4, -0.2) is 11.2 Å². The number of aliphatic hydroxyl groups is 1. The van der Waals surface area contributed by atoms with Crippen molar-refractivity contribution < 1.29 is 5.11 Å². The summed E-state index contributed by atoms with van der Waals surface area (Å²) in [6, 6.07) is 0. The van der Waals surface area contributed by atoms with Crippen molar-refractivity contribution in [2.24, 2.45) is 17.8 Å². The van der Waals surface area contributed by atoms with Gasteiger partial charge in [-0.05, 0) is 31.1 Å². The number of hydrogen-bond acceptors (Lipinski definition) is 1. The fraction of sp³-hybridized carbons (Fsp3) is 1.00. The molecule has 0 heterocycles. The molecule has 1 heteroatoms. The topological polar surface area (TPSA) is 20.2 Å². The predicted octanol–water partition coefficient (Wildman–Crippen LogP) is 3.47. The van der Waals surface area contributed by atoms with Gasteiger partial charge in [-0.3, -0.25) is 0 Å². The highest BCUT2D eigenvalue weighted by Crippen LogP contribution is 2.27. The maximum Gasteiger partial charge on any atom is 0.0542 e. The van der Waals surface area contributed by atoms with Crippen molar-refractivity contribution in [3.8, 4) is 0 Å². The lowest BCUT2D eigenvalue weighted by molar-refractivity contribution is 0.0789. The minimum Gasteiger partial charge on any atom is -0.393 e. The Morgan fingerprint density at radius 3 is 1.69 bits per heavy atom. The van der Waals surface area contributed by atoms with E-state index in [9.17, 15) is 5.11 Å². The van der Waals surface area contributed by atoms with Gasteiger partial charge in [0.2, 0.25) is 0 Å². The van der Waals surface area contributed by atoms with Crippen molar-refractivity contribution in [2.45, 2.75) is 60.0 Å². The van der Waals surface area contributed by atoms with Gasteiger partial charge in [0.25, 0.3) is 0 Å². The first-order valence-corrected chi connectivity index (χ1v) is 5.70. The molecule has 0 aromatic heterocycles. The Morgan fingerprint density at radius 2 is 1.46 bits per heavy atom. The Labute approximate surface area is 83.5 Å². The van der Waals surface area contributed by atoms with E-state index in [1.165, 1.54) is 19.3 Å². The Morgan fingerprint density at radius 1 is 1.00 bits per heavy atom. The van der Waals surface area contributed by atoms with E-state index in [0.717, 1.165) is 5.92 Å². The third-order valence-corrected chi connectivity index (χ3v) is 3.24. The van der Waals surface area contributed by atoms with E-state index in [4.69, 9.17) is 0 Å². The largest absolute Gasteiger partial charge is 0.393 e. The SMILES string of the molecule is CCC(CC)CC(C(C)C)C(C)O. The highest BCUT2D eigenvalue weighted by molar-refractivity contribution is 4.72. The molecule has 0 saturated heterocycles. The second-order valence-electron chi connectivity index (χ2n) is 4.57. The smallest absolute Gasteiger partial charge is 0.0542 e. The van der Waals surface area contributed by atoms with Gasteiger partial charge in [-0.2, -0.15) is 0 Å². The van der Waals surface area contributed by atoms with Gasteiger partial charge in [0.05, 0.1) is 6.10 Å². The van der Waals surface area contributed by atoms with Crippen LogP contribution in [0, 0.1) is 17.8 Å². The fourth-order valence-corrected chi connectivity index (χ4v) is 2.03. The first kappa shape index (κ1) is 13.0. The van der Waals surface area contributed by atoms with E-state index in [0.29, 0.717) is 11.8 Å².